The monoisotopic (exact) mass is 285 g/mol. The van der Waals surface area contributed by atoms with Gasteiger partial charge in [-0.3, -0.25) is 0 Å². The maximum Gasteiger partial charge on any atom is 0.226 e. The zero-order valence-electron chi connectivity index (χ0n) is 12.4. The highest BCUT2D eigenvalue weighted by Gasteiger charge is 2.24. The van der Waals surface area contributed by atoms with Gasteiger partial charge in [0.2, 0.25) is 5.89 Å². The number of benzene rings is 1. The predicted octanol–water partition coefficient (Wildman–Crippen LogP) is 2.91. The van der Waals surface area contributed by atoms with E-state index in [0.29, 0.717) is 12.0 Å². The van der Waals surface area contributed by atoms with Crippen molar-refractivity contribution in [3.63, 3.8) is 0 Å². The summed E-state index contributed by atoms with van der Waals surface area (Å²) in [6, 6.07) is 10.7. The molecule has 1 aliphatic carbocycles. The van der Waals surface area contributed by atoms with Gasteiger partial charge in [0.1, 0.15) is 0 Å². The summed E-state index contributed by atoms with van der Waals surface area (Å²) in [4.78, 5) is 4.52. The molecule has 2 atom stereocenters. The third-order valence-corrected chi connectivity index (χ3v) is 4.39. The van der Waals surface area contributed by atoms with Crippen LogP contribution < -0.4 is 5.73 Å². The van der Waals surface area contributed by atoms with Crippen LogP contribution in [0.15, 0.2) is 34.9 Å². The zero-order chi connectivity index (χ0) is 14.5. The van der Waals surface area contributed by atoms with Gasteiger partial charge in [0.05, 0.1) is 0 Å². The van der Waals surface area contributed by atoms with E-state index in [9.17, 15) is 0 Å². The Hall–Kier alpha value is -1.68. The summed E-state index contributed by atoms with van der Waals surface area (Å²) in [5, 5.41) is 4.09. The van der Waals surface area contributed by atoms with Gasteiger partial charge in [-0.1, -0.05) is 48.3 Å². The SMILES string of the molecule is NC1CCCCC1Cc1nc(CCc2ccccc2)no1. The van der Waals surface area contributed by atoms with Gasteiger partial charge in [0, 0.05) is 18.9 Å². The number of hydrogen-bond donors (Lipinski definition) is 1. The first-order valence-electron chi connectivity index (χ1n) is 7.92. The van der Waals surface area contributed by atoms with E-state index >= 15 is 0 Å². The Morgan fingerprint density at radius 2 is 1.90 bits per heavy atom. The molecule has 4 nitrogen and oxygen atoms in total. The van der Waals surface area contributed by atoms with E-state index in [2.05, 4.69) is 34.4 Å². The average Bonchev–Trinajstić information content (AvgIpc) is 2.96. The molecule has 0 saturated heterocycles. The molecular weight excluding hydrogens is 262 g/mol. The number of nitrogens with zero attached hydrogens (tertiary/aromatic N) is 2. The summed E-state index contributed by atoms with van der Waals surface area (Å²) < 4.78 is 5.39. The van der Waals surface area contributed by atoms with Crippen molar-refractivity contribution in [2.24, 2.45) is 11.7 Å². The second kappa shape index (κ2) is 6.85. The first-order chi connectivity index (χ1) is 10.3. The topological polar surface area (TPSA) is 64.9 Å². The molecule has 112 valence electrons. The molecule has 2 aromatic rings. The maximum absolute atomic E-state index is 6.18. The lowest BCUT2D eigenvalue weighted by Gasteiger charge is -2.27. The standard InChI is InChI=1S/C17H23N3O/c18-15-9-5-4-8-14(15)12-17-19-16(20-21-17)11-10-13-6-2-1-3-7-13/h1-3,6-7,14-15H,4-5,8-12,18H2. The Labute approximate surface area is 125 Å². The van der Waals surface area contributed by atoms with Crippen molar-refractivity contribution in [2.75, 3.05) is 0 Å². The van der Waals surface area contributed by atoms with E-state index in [-0.39, 0.29) is 0 Å². The third kappa shape index (κ3) is 3.91. The van der Waals surface area contributed by atoms with E-state index in [0.717, 1.165) is 37.4 Å². The van der Waals surface area contributed by atoms with Crippen LogP contribution in [0.4, 0.5) is 0 Å². The van der Waals surface area contributed by atoms with Crippen molar-refractivity contribution in [2.45, 2.75) is 51.0 Å². The minimum absolute atomic E-state index is 0.290. The van der Waals surface area contributed by atoms with Crippen molar-refractivity contribution in [3.8, 4) is 0 Å². The van der Waals surface area contributed by atoms with Gasteiger partial charge >= 0.3 is 0 Å². The number of aryl methyl sites for hydroxylation is 2. The summed E-state index contributed by atoms with van der Waals surface area (Å²) in [5.74, 6) is 2.06. The van der Waals surface area contributed by atoms with Crippen LogP contribution in [0, 0.1) is 5.92 Å². The molecule has 3 rings (SSSR count). The highest BCUT2D eigenvalue weighted by molar-refractivity contribution is 5.15. The van der Waals surface area contributed by atoms with Gasteiger partial charge < -0.3 is 10.3 Å². The van der Waals surface area contributed by atoms with Gasteiger partial charge in [0.15, 0.2) is 5.82 Å². The van der Waals surface area contributed by atoms with Crippen LogP contribution >= 0.6 is 0 Å². The normalized spacial score (nSPS) is 22.3. The first-order valence-corrected chi connectivity index (χ1v) is 7.92. The summed E-state index contributed by atoms with van der Waals surface area (Å²) in [7, 11) is 0. The van der Waals surface area contributed by atoms with Crippen LogP contribution in [0.3, 0.4) is 0 Å². The smallest absolute Gasteiger partial charge is 0.226 e. The van der Waals surface area contributed by atoms with Crippen LogP contribution in [0.1, 0.15) is 43.0 Å². The fourth-order valence-corrected chi connectivity index (χ4v) is 3.09. The Balaban J connectivity index is 1.53. The van der Waals surface area contributed by atoms with Crippen LogP contribution in [-0.4, -0.2) is 16.2 Å². The third-order valence-electron chi connectivity index (χ3n) is 4.39. The van der Waals surface area contributed by atoms with E-state index in [1.807, 2.05) is 6.07 Å². The lowest BCUT2D eigenvalue weighted by atomic mass is 9.83. The van der Waals surface area contributed by atoms with Gasteiger partial charge in [-0.2, -0.15) is 4.98 Å². The van der Waals surface area contributed by atoms with E-state index in [1.165, 1.54) is 24.8 Å². The highest BCUT2D eigenvalue weighted by atomic mass is 16.5. The predicted molar refractivity (Wildman–Crippen MR) is 81.8 cm³/mol. The van der Waals surface area contributed by atoms with Gasteiger partial charge in [-0.15, -0.1) is 0 Å². The fourth-order valence-electron chi connectivity index (χ4n) is 3.09. The van der Waals surface area contributed by atoms with Crippen molar-refractivity contribution in [3.05, 3.63) is 47.6 Å². The number of hydrogen-bond acceptors (Lipinski definition) is 4. The molecule has 2 N–H and O–H groups in total. The van der Waals surface area contributed by atoms with Crippen LogP contribution in [0.5, 0.6) is 0 Å². The van der Waals surface area contributed by atoms with E-state index in [1.54, 1.807) is 0 Å². The maximum atomic E-state index is 6.18. The van der Waals surface area contributed by atoms with Crippen LogP contribution in [0.2, 0.25) is 0 Å². The molecule has 0 bridgehead atoms. The Bertz CT molecular complexity index is 552. The summed E-state index contributed by atoms with van der Waals surface area (Å²) >= 11 is 0. The molecule has 0 amide bonds. The van der Waals surface area contributed by atoms with Gasteiger partial charge in [-0.25, -0.2) is 0 Å². The van der Waals surface area contributed by atoms with E-state index in [4.69, 9.17) is 10.3 Å². The number of nitrogens with two attached hydrogens (primary N) is 1. The first kappa shape index (κ1) is 14.3. The zero-order valence-corrected chi connectivity index (χ0v) is 12.4. The van der Waals surface area contributed by atoms with Crippen molar-refractivity contribution in [1.82, 2.24) is 10.1 Å². The Morgan fingerprint density at radius 3 is 2.71 bits per heavy atom. The number of rotatable bonds is 5. The molecule has 1 aliphatic rings. The lowest BCUT2D eigenvalue weighted by molar-refractivity contribution is 0.272. The second-order valence-electron chi connectivity index (χ2n) is 6.00. The Morgan fingerprint density at radius 1 is 1.10 bits per heavy atom. The highest BCUT2D eigenvalue weighted by Crippen LogP contribution is 2.25. The molecular formula is C17H23N3O. The number of aromatic nitrogens is 2. The molecule has 2 unspecified atom stereocenters. The quantitative estimate of drug-likeness (QED) is 0.917. The van der Waals surface area contributed by atoms with Crippen molar-refractivity contribution >= 4 is 0 Å². The Kier molecular flexibility index (Phi) is 4.65. The van der Waals surface area contributed by atoms with Crippen molar-refractivity contribution in [1.29, 1.82) is 0 Å². The molecule has 0 radical (unpaired) electrons. The molecule has 4 heteroatoms. The van der Waals surface area contributed by atoms with Crippen LogP contribution in [-0.2, 0) is 19.3 Å². The molecule has 0 spiro atoms. The van der Waals surface area contributed by atoms with Gasteiger partial charge in [-0.05, 0) is 30.7 Å². The van der Waals surface area contributed by atoms with E-state index < -0.39 is 0 Å². The summed E-state index contributed by atoms with van der Waals surface area (Å²) in [6.07, 6.45) is 7.44. The fraction of sp³-hybridized carbons (Fsp3) is 0.529. The average molecular weight is 285 g/mol. The summed E-state index contributed by atoms with van der Waals surface area (Å²) in [6.45, 7) is 0. The van der Waals surface area contributed by atoms with Crippen molar-refractivity contribution < 1.29 is 4.52 Å². The molecule has 1 aromatic carbocycles. The molecule has 21 heavy (non-hydrogen) atoms. The van der Waals surface area contributed by atoms with Crippen LogP contribution in [0.25, 0.3) is 0 Å². The van der Waals surface area contributed by atoms with Gasteiger partial charge in [0.25, 0.3) is 0 Å². The second-order valence-corrected chi connectivity index (χ2v) is 6.00. The largest absolute Gasteiger partial charge is 0.339 e. The lowest BCUT2D eigenvalue weighted by Crippen LogP contribution is -2.34. The molecule has 1 fully saturated rings. The molecule has 1 heterocycles. The summed E-state index contributed by atoms with van der Waals surface area (Å²) in [5.41, 5.74) is 7.48. The molecule has 1 aromatic heterocycles. The molecule has 1 saturated carbocycles. The molecule has 0 aliphatic heterocycles. The minimum Gasteiger partial charge on any atom is -0.339 e. The minimum atomic E-state index is 0.290.